The van der Waals surface area contributed by atoms with Crippen LogP contribution in [0.25, 0.3) is 10.2 Å². The molecule has 0 spiro atoms. The molecule has 3 aromatic rings. The SMILES string of the molecule is CC12CCN(C(=O)c3ccc4scnc4c3)[C@H](Cc3c(O)cccc31)C2(C)C. The third-order valence-electron chi connectivity index (χ3n) is 7.47. The minimum atomic E-state index is -0.0908. The van der Waals surface area contributed by atoms with E-state index in [1.54, 1.807) is 17.4 Å². The van der Waals surface area contributed by atoms with Crippen LogP contribution in [0.1, 0.15) is 48.7 Å². The second-order valence-corrected chi connectivity index (χ2v) is 9.75. The molecule has 144 valence electrons. The van der Waals surface area contributed by atoms with Crippen LogP contribution < -0.4 is 0 Å². The van der Waals surface area contributed by atoms with Gasteiger partial charge in [-0.25, -0.2) is 4.98 Å². The number of phenols is 1. The minimum absolute atomic E-state index is 0.0469. The van der Waals surface area contributed by atoms with E-state index in [2.05, 4.69) is 31.8 Å². The van der Waals surface area contributed by atoms with Crippen LogP contribution in [0.4, 0.5) is 0 Å². The number of rotatable bonds is 1. The minimum Gasteiger partial charge on any atom is -0.508 e. The zero-order chi connectivity index (χ0) is 19.7. The predicted octanol–water partition coefficient (Wildman–Crippen LogP) is 4.76. The van der Waals surface area contributed by atoms with Crippen molar-refractivity contribution in [2.24, 2.45) is 5.41 Å². The number of hydrogen-bond acceptors (Lipinski definition) is 4. The molecule has 28 heavy (non-hydrogen) atoms. The van der Waals surface area contributed by atoms with E-state index in [-0.39, 0.29) is 22.8 Å². The van der Waals surface area contributed by atoms with Gasteiger partial charge in [-0.1, -0.05) is 32.9 Å². The van der Waals surface area contributed by atoms with E-state index in [9.17, 15) is 9.90 Å². The number of hydrogen-bond donors (Lipinski definition) is 1. The highest BCUT2D eigenvalue weighted by Gasteiger charge is 2.57. The first kappa shape index (κ1) is 17.7. The van der Waals surface area contributed by atoms with Crippen molar-refractivity contribution in [1.29, 1.82) is 0 Å². The van der Waals surface area contributed by atoms with Crippen molar-refractivity contribution in [2.75, 3.05) is 6.54 Å². The van der Waals surface area contributed by atoms with Crippen LogP contribution >= 0.6 is 11.3 Å². The van der Waals surface area contributed by atoms with Crippen molar-refractivity contribution in [3.8, 4) is 5.75 Å². The summed E-state index contributed by atoms with van der Waals surface area (Å²) < 4.78 is 1.10. The van der Waals surface area contributed by atoms with Gasteiger partial charge in [-0.3, -0.25) is 4.79 Å². The largest absolute Gasteiger partial charge is 0.508 e. The van der Waals surface area contributed by atoms with Crippen LogP contribution in [0.15, 0.2) is 41.9 Å². The Balaban J connectivity index is 1.58. The Kier molecular flexibility index (Phi) is 3.66. The number of nitrogens with zero attached hydrogens (tertiary/aromatic N) is 2. The summed E-state index contributed by atoms with van der Waals surface area (Å²) in [6.45, 7) is 7.57. The van der Waals surface area contributed by atoms with Crippen LogP contribution in [-0.4, -0.2) is 33.5 Å². The molecular formula is C23H24N2O2S. The van der Waals surface area contributed by atoms with Crippen molar-refractivity contribution in [3.05, 3.63) is 58.6 Å². The molecule has 1 aliphatic carbocycles. The molecule has 1 unspecified atom stereocenters. The summed E-state index contributed by atoms with van der Waals surface area (Å²) in [4.78, 5) is 19.9. The number of aromatic nitrogens is 1. The molecular weight excluding hydrogens is 368 g/mol. The average molecular weight is 393 g/mol. The average Bonchev–Trinajstić information content (AvgIpc) is 3.12. The van der Waals surface area contributed by atoms with Gasteiger partial charge >= 0.3 is 0 Å². The van der Waals surface area contributed by atoms with Crippen molar-refractivity contribution in [2.45, 2.75) is 45.1 Å². The van der Waals surface area contributed by atoms with Crippen LogP contribution in [0.3, 0.4) is 0 Å². The lowest BCUT2D eigenvalue weighted by molar-refractivity contribution is -0.0266. The van der Waals surface area contributed by atoms with E-state index in [1.807, 2.05) is 34.7 Å². The molecule has 2 heterocycles. The predicted molar refractivity (Wildman–Crippen MR) is 112 cm³/mol. The first-order valence-corrected chi connectivity index (χ1v) is 10.7. The Bertz CT molecular complexity index is 1100. The molecule has 1 fully saturated rings. The Labute approximate surface area is 168 Å². The fourth-order valence-corrected chi connectivity index (χ4v) is 5.98. The summed E-state index contributed by atoms with van der Waals surface area (Å²) in [5, 5.41) is 10.5. The normalized spacial score (nSPS) is 25.5. The van der Waals surface area contributed by atoms with Crippen molar-refractivity contribution < 1.29 is 9.90 Å². The first-order chi connectivity index (χ1) is 13.3. The summed E-state index contributed by atoms with van der Waals surface area (Å²) in [6, 6.07) is 11.7. The molecule has 2 aromatic carbocycles. The third kappa shape index (κ3) is 2.23. The zero-order valence-corrected chi connectivity index (χ0v) is 17.2. The van der Waals surface area contributed by atoms with E-state index < -0.39 is 0 Å². The molecule has 2 atom stereocenters. The summed E-state index contributed by atoms with van der Waals surface area (Å²) in [5.74, 6) is 0.413. The molecule has 1 amide bonds. The first-order valence-electron chi connectivity index (χ1n) is 9.78. The number of thiazole rings is 1. The zero-order valence-electron chi connectivity index (χ0n) is 16.4. The monoisotopic (exact) mass is 392 g/mol. The molecule has 4 nitrogen and oxygen atoms in total. The molecule has 1 aromatic heterocycles. The van der Waals surface area contributed by atoms with Gasteiger partial charge < -0.3 is 10.0 Å². The lowest BCUT2D eigenvalue weighted by Gasteiger charge is -2.60. The molecule has 5 heteroatoms. The maximum absolute atomic E-state index is 13.5. The number of aromatic hydroxyl groups is 1. The quantitative estimate of drug-likeness (QED) is 0.650. The van der Waals surface area contributed by atoms with E-state index in [4.69, 9.17) is 0 Å². The Morgan fingerprint density at radius 1 is 1.25 bits per heavy atom. The number of likely N-dealkylation sites (tertiary alicyclic amines) is 1. The molecule has 1 saturated heterocycles. The van der Waals surface area contributed by atoms with Crippen LogP contribution in [0.2, 0.25) is 0 Å². The third-order valence-corrected chi connectivity index (χ3v) is 8.28. The summed E-state index contributed by atoms with van der Waals surface area (Å²) in [7, 11) is 0. The van der Waals surface area contributed by atoms with Gasteiger partial charge in [0.2, 0.25) is 0 Å². The van der Waals surface area contributed by atoms with Gasteiger partial charge in [0, 0.05) is 23.6 Å². The van der Waals surface area contributed by atoms with Crippen LogP contribution in [-0.2, 0) is 11.8 Å². The summed E-state index contributed by atoms with van der Waals surface area (Å²) >= 11 is 1.59. The lowest BCUT2D eigenvalue weighted by atomic mass is 9.51. The molecule has 1 N–H and O–H groups in total. The highest BCUT2D eigenvalue weighted by atomic mass is 32.1. The van der Waals surface area contributed by atoms with Gasteiger partial charge in [0.05, 0.1) is 15.7 Å². The van der Waals surface area contributed by atoms with Crippen LogP contribution in [0, 0.1) is 5.41 Å². The molecule has 2 bridgehead atoms. The second-order valence-electron chi connectivity index (χ2n) is 8.86. The highest BCUT2D eigenvalue weighted by Crippen LogP contribution is 2.57. The number of carbonyl (C=O) groups excluding carboxylic acids is 1. The van der Waals surface area contributed by atoms with Gasteiger partial charge in [-0.05, 0) is 53.6 Å². The second kappa shape index (κ2) is 5.80. The molecule has 0 radical (unpaired) electrons. The van der Waals surface area contributed by atoms with E-state index in [1.165, 1.54) is 5.56 Å². The maximum atomic E-state index is 13.5. The lowest BCUT2D eigenvalue weighted by Crippen LogP contribution is -2.64. The Morgan fingerprint density at radius 3 is 2.89 bits per heavy atom. The number of fused-ring (bicyclic) bond motifs is 5. The Morgan fingerprint density at radius 2 is 2.07 bits per heavy atom. The maximum Gasteiger partial charge on any atom is 0.254 e. The molecule has 0 saturated carbocycles. The van der Waals surface area contributed by atoms with Gasteiger partial charge in [0.1, 0.15) is 5.75 Å². The van der Waals surface area contributed by atoms with Crippen molar-refractivity contribution in [3.63, 3.8) is 0 Å². The molecule has 5 rings (SSSR count). The molecule has 1 aliphatic heterocycles. The van der Waals surface area contributed by atoms with E-state index in [0.717, 1.165) is 28.7 Å². The van der Waals surface area contributed by atoms with Gasteiger partial charge in [-0.15, -0.1) is 11.3 Å². The number of phenolic OH excluding ortho intramolecular Hbond substituents is 1. The highest BCUT2D eigenvalue weighted by molar-refractivity contribution is 7.16. The fraction of sp³-hybridized carbons (Fsp3) is 0.391. The van der Waals surface area contributed by atoms with E-state index in [0.29, 0.717) is 17.7 Å². The number of amides is 1. The number of benzene rings is 2. The van der Waals surface area contributed by atoms with Gasteiger partial charge in [0.25, 0.3) is 5.91 Å². The summed E-state index contributed by atoms with van der Waals surface area (Å²) in [5.41, 5.74) is 5.47. The van der Waals surface area contributed by atoms with Gasteiger partial charge in [0.15, 0.2) is 0 Å². The number of piperidine rings is 1. The van der Waals surface area contributed by atoms with E-state index >= 15 is 0 Å². The smallest absolute Gasteiger partial charge is 0.254 e. The fourth-order valence-electron chi connectivity index (χ4n) is 5.33. The van der Waals surface area contributed by atoms with Crippen LogP contribution in [0.5, 0.6) is 5.75 Å². The Hall–Kier alpha value is -2.40. The number of carbonyl (C=O) groups is 1. The standard InChI is InChI=1S/C23H24N2O2S/c1-22(2)20-12-15-16(5-4-6-18(15)26)23(22,3)9-10-25(20)21(27)14-7-8-19-17(11-14)24-13-28-19/h4-8,11,13,20,26H,9-10,12H2,1-3H3/t20-,23?/m1/s1. The van der Waals surface area contributed by atoms with Gasteiger partial charge in [-0.2, -0.15) is 0 Å². The topological polar surface area (TPSA) is 53.4 Å². The van der Waals surface area contributed by atoms with Crippen molar-refractivity contribution in [1.82, 2.24) is 9.88 Å². The molecule has 2 aliphatic rings. The summed E-state index contributed by atoms with van der Waals surface area (Å²) in [6.07, 6.45) is 1.58. The van der Waals surface area contributed by atoms with Crippen molar-refractivity contribution >= 4 is 27.5 Å².